The number of likely N-dealkylation sites (N-methyl/N-ethyl adjacent to an activating group) is 1. The minimum atomic E-state index is 0.0459. The molecule has 11 heavy (non-hydrogen) atoms. The molecule has 1 rings (SSSR count). The number of hydrogen-bond donors (Lipinski definition) is 1. The lowest BCUT2D eigenvalue weighted by Crippen LogP contribution is -2.42. The van der Waals surface area contributed by atoms with E-state index in [1.165, 1.54) is 0 Å². The molecule has 0 aromatic rings. The maximum atomic E-state index is 5.44. The second kappa shape index (κ2) is 4.70. The van der Waals surface area contributed by atoms with Crippen LogP contribution in [0.4, 0.5) is 0 Å². The van der Waals surface area contributed by atoms with Gasteiger partial charge in [-0.1, -0.05) is 13.3 Å². The highest BCUT2D eigenvalue weighted by Crippen LogP contribution is 2.10. The monoisotopic (exact) mass is 159 g/mol. The molecule has 0 saturated carbocycles. The van der Waals surface area contributed by atoms with Crippen LogP contribution in [0.15, 0.2) is 0 Å². The van der Waals surface area contributed by atoms with Crippen LogP contribution in [0.3, 0.4) is 0 Å². The summed E-state index contributed by atoms with van der Waals surface area (Å²) in [6.45, 7) is 3.69. The summed E-state index contributed by atoms with van der Waals surface area (Å²) in [5.74, 6) is 0. The molecule has 0 amide bonds. The largest absolute Gasteiger partial charge is 0.351 e. The summed E-state index contributed by atoms with van der Waals surface area (Å²) in [7, 11) is 1.93. The fraction of sp³-hybridized carbons (Fsp3) is 1.00. The lowest BCUT2D eigenvalue weighted by atomic mass is 10.3. The summed E-state index contributed by atoms with van der Waals surface area (Å²) in [6, 6.07) is 0.378. The Balaban J connectivity index is 2.14. The molecule has 0 atom stereocenters. The number of ether oxygens (including phenoxy) is 2. The fourth-order valence-electron chi connectivity index (χ4n) is 1.11. The molecule has 1 aliphatic rings. The van der Waals surface area contributed by atoms with Crippen LogP contribution < -0.4 is 5.32 Å². The van der Waals surface area contributed by atoms with Gasteiger partial charge >= 0.3 is 0 Å². The van der Waals surface area contributed by atoms with E-state index in [1.807, 2.05) is 7.05 Å². The number of hydrogen-bond acceptors (Lipinski definition) is 3. The average Bonchev–Trinajstić information content (AvgIpc) is 2.07. The standard InChI is InChI=1S/C8H17NO2/c1-3-4-8-10-5-7(9-2)6-11-8/h7-9H,3-6H2,1-2H3. The summed E-state index contributed by atoms with van der Waals surface area (Å²) in [4.78, 5) is 0. The number of rotatable bonds is 3. The summed E-state index contributed by atoms with van der Waals surface area (Å²) < 4.78 is 10.9. The third-order valence-corrected chi connectivity index (χ3v) is 1.90. The van der Waals surface area contributed by atoms with Crippen molar-refractivity contribution in [2.45, 2.75) is 32.1 Å². The molecular weight excluding hydrogens is 142 g/mol. The van der Waals surface area contributed by atoms with Gasteiger partial charge in [-0.3, -0.25) is 0 Å². The minimum Gasteiger partial charge on any atom is -0.351 e. The van der Waals surface area contributed by atoms with Crippen molar-refractivity contribution in [2.24, 2.45) is 0 Å². The smallest absolute Gasteiger partial charge is 0.157 e. The maximum absolute atomic E-state index is 5.44. The van der Waals surface area contributed by atoms with Crippen LogP contribution in [-0.2, 0) is 9.47 Å². The third kappa shape index (κ3) is 2.77. The summed E-state index contributed by atoms with van der Waals surface area (Å²) in [5.41, 5.74) is 0. The Labute approximate surface area is 68.1 Å². The molecule has 3 nitrogen and oxygen atoms in total. The molecule has 3 heteroatoms. The van der Waals surface area contributed by atoms with Gasteiger partial charge in [0.25, 0.3) is 0 Å². The molecular formula is C8H17NO2. The molecule has 0 aromatic carbocycles. The molecule has 1 fully saturated rings. The highest BCUT2D eigenvalue weighted by Gasteiger charge is 2.19. The molecule has 66 valence electrons. The highest BCUT2D eigenvalue weighted by atomic mass is 16.7. The van der Waals surface area contributed by atoms with E-state index in [9.17, 15) is 0 Å². The molecule has 1 aliphatic heterocycles. The average molecular weight is 159 g/mol. The van der Waals surface area contributed by atoms with Gasteiger partial charge in [0.2, 0.25) is 0 Å². The van der Waals surface area contributed by atoms with Crippen molar-refractivity contribution in [2.75, 3.05) is 20.3 Å². The quantitative estimate of drug-likeness (QED) is 0.659. The van der Waals surface area contributed by atoms with E-state index in [0.29, 0.717) is 6.04 Å². The minimum absolute atomic E-state index is 0.0459. The van der Waals surface area contributed by atoms with Gasteiger partial charge in [-0.25, -0.2) is 0 Å². The molecule has 0 bridgehead atoms. The molecule has 0 aliphatic carbocycles. The Morgan fingerprint density at radius 1 is 1.36 bits per heavy atom. The molecule has 1 heterocycles. The van der Waals surface area contributed by atoms with Gasteiger partial charge in [-0.2, -0.15) is 0 Å². The lowest BCUT2D eigenvalue weighted by molar-refractivity contribution is -0.191. The van der Waals surface area contributed by atoms with Crippen molar-refractivity contribution in [3.8, 4) is 0 Å². The van der Waals surface area contributed by atoms with Gasteiger partial charge in [-0.05, 0) is 13.5 Å². The van der Waals surface area contributed by atoms with Crippen LogP contribution in [0.25, 0.3) is 0 Å². The van der Waals surface area contributed by atoms with Crippen LogP contribution in [0.5, 0.6) is 0 Å². The Kier molecular flexibility index (Phi) is 3.83. The van der Waals surface area contributed by atoms with Crippen LogP contribution in [0.2, 0.25) is 0 Å². The van der Waals surface area contributed by atoms with E-state index in [2.05, 4.69) is 12.2 Å². The molecule has 0 unspecified atom stereocenters. The zero-order valence-corrected chi connectivity index (χ0v) is 7.30. The van der Waals surface area contributed by atoms with Gasteiger partial charge in [-0.15, -0.1) is 0 Å². The van der Waals surface area contributed by atoms with E-state index < -0.39 is 0 Å². The van der Waals surface area contributed by atoms with Gasteiger partial charge in [0, 0.05) is 0 Å². The second-order valence-electron chi connectivity index (χ2n) is 2.87. The predicted molar refractivity (Wildman–Crippen MR) is 43.4 cm³/mol. The summed E-state index contributed by atoms with van der Waals surface area (Å²) in [6.07, 6.45) is 2.18. The first-order valence-corrected chi connectivity index (χ1v) is 4.27. The Morgan fingerprint density at radius 2 is 2.00 bits per heavy atom. The fourth-order valence-corrected chi connectivity index (χ4v) is 1.11. The molecule has 0 aromatic heterocycles. The maximum Gasteiger partial charge on any atom is 0.157 e. The molecule has 1 saturated heterocycles. The van der Waals surface area contributed by atoms with Crippen LogP contribution >= 0.6 is 0 Å². The molecule has 1 N–H and O–H groups in total. The van der Waals surface area contributed by atoms with Gasteiger partial charge in [0.1, 0.15) is 0 Å². The second-order valence-corrected chi connectivity index (χ2v) is 2.87. The van der Waals surface area contributed by atoms with E-state index in [0.717, 1.165) is 26.1 Å². The van der Waals surface area contributed by atoms with Crippen LogP contribution in [0.1, 0.15) is 19.8 Å². The normalized spacial score (nSPS) is 32.2. The Bertz CT molecular complexity index is 100. The van der Waals surface area contributed by atoms with Crippen molar-refractivity contribution in [3.63, 3.8) is 0 Å². The zero-order chi connectivity index (χ0) is 8.10. The molecule has 0 radical (unpaired) electrons. The van der Waals surface area contributed by atoms with Gasteiger partial charge in [0.05, 0.1) is 19.3 Å². The van der Waals surface area contributed by atoms with Gasteiger partial charge in [0.15, 0.2) is 6.29 Å². The SMILES string of the molecule is CCCC1OCC(NC)CO1. The Hall–Kier alpha value is -0.120. The first-order chi connectivity index (χ1) is 5.36. The topological polar surface area (TPSA) is 30.5 Å². The van der Waals surface area contributed by atoms with Crippen molar-refractivity contribution < 1.29 is 9.47 Å². The first kappa shape index (κ1) is 8.97. The zero-order valence-electron chi connectivity index (χ0n) is 7.30. The third-order valence-electron chi connectivity index (χ3n) is 1.90. The summed E-state index contributed by atoms with van der Waals surface area (Å²) in [5, 5.41) is 3.12. The highest BCUT2D eigenvalue weighted by molar-refractivity contribution is 4.66. The van der Waals surface area contributed by atoms with Crippen molar-refractivity contribution in [3.05, 3.63) is 0 Å². The van der Waals surface area contributed by atoms with Crippen LogP contribution in [0, 0.1) is 0 Å². The van der Waals surface area contributed by atoms with Crippen molar-refractivity contribution in [1.29, 1.82) is 0 Å². The van der Waals surface area contributed by atoms with Crippen molar-refractivity contribution in [1.82, 2.24) is 5.32 Å². The Morgan fingerprint density at radius 3 is 2.45 bits per heavy atom. The lowest BCUT2D eigenvalue weighted by Gasteiger charge is -2.28. The first-order valence-electron chi connectivity index (χ1n) is 4.27. The van der Waals surface area contributed by atoms with E-state index in [1.54, 1.807) is 0 Å². The van der Waals surface area contributed by atoms with E-state index in [4.69, 9.17) is 9.47 Å². The van der Waals surface area contributed by atoms with Gasteiger partial charge < -0.3 is 14.8 Å². The summed E-state index contributed by atoms with van der Waals surface area (Å²) >= 11 is 0. The van der Waals surface area contributed by atoms with E-state index >= 15 is 0 Å². The number of nitrogens with one attached hydrogen (secondary N) is 1. The van der Waals surface area contributed by atoms with Crippen LogP contribution in [-0.4, -0.2) is 32.6 Å². The van der Waals surface area contributed by atoms with Crippen molar-refractivity contribution >= 4 is 0 Å². The van der Waals surface area contributed by atoms with E-state index in [-0.39, 0.29) is 6.29 Å². The molecule has 0 spiro atoms. The predicted octanol–water partition coefficient (Wildman–Crippen LogP) is 0.747.